The first-order valence-electron chi connectivity index (χ1n) is 10.4. The van der Waals surface area contributed by atoms with Crippen molar-refractivity contribution in [3.05, 3.63) is 93.6 Å². The fourth-order valence-electron chi connectivity index (χ4n) is 3.13. The highest BCUT2D eigenvalue weighted by atomic mass is 19.2. The smallest absolute Gasteiger partial charge is 0.349 e. The zero-order valence-electron chi connectivity index (χ0n) is 19.0. The average Bonchev–Trinajstić information content (AvgIpc) is 2.92. The van der Waals surface area contributed by atoms with E-state index in [9.17, 15) is 36.3 Å². The molecule has 0 aliphatic rings. The Morgan fingerprint density at radius 1 is 0.842 bits per heavy atom. The van der Waals surface area contributed by atoms with Crippen LogP contribution in [0.1, 0.15) is 10.4 Å². The number of halogens is 5. The maximum atomic E-state index is 13.7. The topological polar surface area (TPSA) is 101 Å². The Balaban J connectivity index is 1.46. The van der Waals surface area contributed by atoms with Crippen molar-refractivity contribution in [2.45, 2.75) is 0 Å². The SMILES string of the molecule is COC(=O)c1ccc(Oc2coc3cc(OC(=O)COc4c(F)c(F)c(F)c(F)c4F)ccc3c2=O)cc1. The van der Waals surface area contributed by atoms with E-state index in [-0.39, 0.29) is 33.8 Å². The van der Waals surface area contributed by atoms with Gasteiger partial charge in [-0.3, -0.25) is 4.79 Å². The minimum atomic E-state index is -2.38. The fourth-order valence-corrected chi connectivity index (χ4v) is 3.13. The summed E-state index contributed by atoms with van der Waals surface area (Å²) in [5.41, 5.74) is -0.352. The minimum absolute atomic E-state index is 0.0330. The average molecular weight is 536 g/mol. The van der Waals surface area contributed by atoms with Crippen LogP contribution in [0, 0.1) is 29.1 Å². The molecule has 4 aromatic rings. The maximum Gasteiger partial charge on any atom is 0.349 e. The highest BCUT2D eigenvalue weighted by Crippen LogP contribution is 2.29. The summed E-state index contributed by atoms with van der Waals surface area (Å²) in [6.45, 7) is -1.21. The molecule has 4 rings (SSSR count). The Bertz CT molecular complexity index is 1590. The lowest BCUT2D eigenvalue weighted by Crippen LogP contribution is -2.19. The molecule has 0 aliphatic heterocycles. The Kier molecular flexibility index (Phi) is 7.28. The highest BCUT2D eigenvalue weighted by Gasteiger charge is 2.27. The Morgan fingerprint density at radius 3 is 2.08 bits per heavy atom. The predicted octanol–water partition coefficient (Wildman–Crippen LogP) is 5.05. The van der Waals surface area contributed by atoms with Crippen LogP contribution in [0.15, 0.2) is 57.9 Å². The number of fused-ring (bicyclic) bond motifs is 1. The van der Waals surface area contributed by atoms with E-state index in [4.69, 9.17) is 13.9 Å². The van der Waals surface area contributed by atoms with Crippen molar-refractivity contribution in [1.29, 1.82) is 0 Å². The number of hydrogen-bond acceptors (Lipinski definition) is 8. The van der Waals surface area contributed by atoms with Gasteiger partial charge >= 0.3 is 11.9 Å². The predicted molar refractivity (Wildman–Crippen MR) is 118 cm³/mol. The first kappa shape index (κ1) is 26.1. The van der Waals surface area contributed by atoms with E-state index in [0.29, 0.717) is 0 Å². The molecule has 0 fully saturated rings. The number of hydrogen-bond donors (Lipinski definition) is 0. The molecule has 0 saturated heterocycles. The summed E-state index contributed by atoms with van der Waals surface area (Å²) in [4.78, 5) is 36.2. The molecular formula is C25H13F5O8. The molecule has 0 N–H and O–H groups in total. The molecule has 8 nitrogen and oxygen atoms in total. The molecule has 196 valence electrons. The van der Waals surface area contributed by atoms with Crippen LogP contribution < -0.4 is 19.6 Å². The van der Waals surface area contributed by atoms with Crippen LogP contribution in [0.3, 0.4) is 0 Å². The quantitative estimate of drug-likeness (QED) is 0.106. The molecule has 0 saturated carbocycles. The van der Waals surface area contributed by atoms with Gasteiger partial charge < -0.3 is 23.4 Å². The van der Waals surface area contributed by atoms with Crippen molar-refractivity contribution < 1.29 is 54.9 Å². The van der Waals surface area contributed by atoms with Gasteiger partial charge in [-0.05, 0) is 36.4 Å². The van der Waals surface area contributed by atoms with E-state index in [1.807, 2.05) is 0 Å². The molecule has 0 unspecified atom stereocenters. The highest BCUT2D eigenvalue weighted by molar-refractivity contribution is 5.89. The van der Waals surface area contributed by atoms with Crippen molar-refractivity contribution in [3.8, 4) is 23.0 Å². The van der Waals surface area contributed by atoms with Crippen molar-refractivity contribution in [2.75, 3.05) is 13.7 Å². The second kappa shape index (κ2) is 10.6. The number of benzene rings is 3. The zero-order valence-corrected chi connectivity index (χ0v) is 19.0. The molecule has 0 atom stereocenters. The minimum Gasteiger partial charge on any atom is -0.476 e. The van der Waals surface area contributed by atoms with Crippen LogP contribution in [-0.2, 0) is 9.53 Å². The third-order valence-corrected chi connectivity index (χ3v) is 4.95. The van der Waals surface area contributed by atoms with E-state index < -0.39 is 58.8 Å². The monoisotopic (exact) mass is 536 g/mol. The van der Waals surface area contributed by atoms with Crippen LogP contribution in [0.5, 0.6) is 23.0 Å². The molecule has 0 spiro atoms. The number of ether oxygens (including phenoxy) is 4. The van der Waals surface area contributed by atoms with Gasteiger partial charge in [-0.25, -0.2) is 22.8 Å². The normalized spacial score (nSPS) is 10.8. The molecule has 38 heavy (non-hydrogen) atoms. The van der Waals surface area contributed by atoms with Gasteiger partial charge in [0.05, 0.1) is 18.1 Å². The lowest BCUT2D eigenvalue weighted by Gasteiger charge is -2.10. The number of carbonyl (C=O) groups is 2. The summed E-state index contributed by atoms with van der Waals surface area (Å²) in [6, 6.07) is 9.30. The molecule has 13 heteroatoms. The molecule has 1 aromatic heterocycles. The summed E-state index contributed by atoms with van der Waals surface area (Å²) in [7, 11) is 1.23. The lowest BCUT2D eigenvalue weighted by molar-refractivity contribution is -0.136. The van der Waals surface area contributed by atoms with Gasteiger partial charge in [0.25, 0.3) is 0 Å². The third kappa shape index (κ3) is 5.12. The molecule has 0 bridgehead atoms. The van der Waals surface area contributed by atoms with Gasteiger partial charge in [0.1, 0.15) is 23.3 Å². The van der Waals surface area contributed by atoms with Gasteiger partial charge in [0, 0.05) is 6.07 Å². The van der Waals surface area contributed by atoms with Crippen molar-refractivity contribution in [1.82, 2.24) is 0 Å². The van der Waals surface area contributed by atoms with Crippen molar-refractivity contribution in [3.63, 3.8) is 0 Å². The van der Waals surface area contributed by atoms with Gasteiger partial charge in [-0.1, -0.05) is 0 Å². The molecular weight excluding hydrogens is 523 g/mol. The van der Waals surface area contributed by atoms with Crippen molar-refractivity contribution in [2.24, 2.45) is 0 Å². The third-order valence-electron chi connectivity index (χ3n) is 4.95. The van der Waals surface area contributed by atoms with Crippen LogP contribution in [0.4, 0.5) is 22.0 Å². The maximum absolute atomic E-state index is 13.7. The summed E-state index contributed by atoms with van der Waals surface area (Å²) >= 11 is 0. The zero-order chi connectivity index (χ0) is 27.6. The van der Waals surface area contributed by atoms with E-state index in [1.165, 1.54) is 43.5 Å². The first-order valence-corrected chi connectivity index (χ1v) is 10.4. The van der Waals surface area contributed by atoms with Gasteiger partial charge in [0.15, 0.2) is 12.4 Å². The van der Waals surface area contributed by atoms with Crippen LogP contribution in [-0.4, -0.2) is 25.7 Å². The second-order valence-corrected chi connectivity index (χ2v) is 7.37. The van der Waals surface area contributed by atoms with Gasteiger partial charge in [-0.2, -0.15) is 8.78 Å². The fraction of sp³-hybridized carbons (Fsp3) is 0.0800. The summed E-state index contributed by atoms with van der Waals surface area (Å²) < 4.78 is 91.7. The van der Waals surface area contributed by atoms with E-state index in [0.717, 1.165) is 12.3 Å². The summed E-state index contributed by atoms with van der Waals surface area (Å²) in [5.74, 6) is -15.0. The number of carbonyl (C=O) groups excluding carboxylic acids is 2. The molecule has 0 aliphatic carbocycles. The van der Waals surface area contributed by atoms with Crippen LogP contribution in [0.2, 0.25) is 0 Å². The van der Waals surface area contributed by atoms with Gasteiger partial charge in [-0.15, -0.1) is 0 Å². The Labute approximate surface area is 208 Å². The first-order chi connectivity index (χ1) is 18.1. The van der Waals surface area contributed by atoms with E-state index >= 15 is 0 Å². The van der Waals surface area contributed by atoms with Crippen molar-refractivity contribution >= 4 is 22.9 Å². The standard InChI is InChI=1S/C25H13F5O8/c1-34-25(33)11-2-4-12(5-3-11)37-16-9-35-15-8-13(6-7-14(15)23(16)32)38-17(31)10-36-24-21(29)19(27)18(26)20(28)22(24)30/h2-9H,10H2,1H3. The second-order valence-electron chi connectivity index (χ2n) is 7.37. The lowest BCUT2D eigenvalue weighted by atomic mass is 10.2. The molecule has 3 aromatic carbocycles. The summed E-state index contributed by atoms with van der Waals surface area (Å²) in [6.07, 6.45) is 0.997. The summed E-state index contributed by atoms with van der Waals surface area (Å²) in [5, 5.41) is 0.0335. The Hall–Kier alpha value is -4.94. The number of rotatable bonds is 7. The van der Waals surface area contributed by atoms with Crippen LogP contribution >= 0.6 is 0 Å². The van der Waals surface area contributed by atoms with E-state index in [2.05, 4.69) is 9.47 Å². The molecule has 1 heterocycles. The van der Waals surface area contributed by atoms with E-state index in [1.54, 1.807) is 0 Å². The van der Waals surface area contributed by atoms with Gasteiger partial charge in [0.2, 0.25) is 40.3 Å². The number of esters is 2. The number of methoxy groups -OCH3 is 1. The largest absolute Gasteiger partial charge is 0.476 e. The Morgan fingerprint density at radius 2 is 1.45 bits per heavy atom. The molecule has 0 radical (unpaired) electrons. The van der Waals surface area contributed by atoms with Crippen LogP contribution in [0.25, 0.3) is 11.0 Å². The molecule has 0 amide bonds.